The molecule has 3 heteroatoms. The molecule has 1 aromatic rings. The molecule has 0 aromatic carbocycles. The van der Waals surface area contributed by atoms with Crippen LogP contribution in [-0.2, 0) is 6.42 Å². The van der Waals surface area contributed by atoms with Crippen molar-refractivity contribution in [3.8, 4) is 0 Å². The number of nitrogens with one attached hydrogen (secondary N) is 1. The fourth-order valence-corrected chi connectivity index (χ4v) is 1.97. The molecule has 0 saturated heterocycles. The first-order valence-electron chi connectivity index (χ1n) is 6.77. The summed E-state index contributed by atoms with van der Waals surface area (Å²) in [5.74, 6) is 1.36. The molecule has 1 aromatic heterocycles. The summed E-state index contributed by atoms with van der Waals surface area (Å²) < 4.78 is 2.09. The van der Waals surface area contributed by atoms with Crippen LogP contribution in [0.4, 0.5) is 0 Å². The summed E-state index contributed by atoms with van der Waals surface area (Å²) in [6.07, 6.45) is 4.32. The van der Waals surface area contributed by atoms with Gasteiger partial charge in [0.2, 0.25) is 0 Å². The van der Waals surface area contributed by atoms with Crippen molar-refractivity contribution < 1.29 is 0 Å². The molecule has 0 radical (unpaired) electrons. The fraction of sp³-hybridized carbons (Fsp3) is 0.786. The summed E-state index contributed by atoms with van der Waals surface area (Å²) in [5.41, 5.74) is 1.22. The van der Waals surface area contributed by atoms with Gasteiger partial charge < -0.3 is 5.32 Å². The second-order valence-electron chi connectivity index (χ2n) is 5.26. The van der Waals surface area contributed by atoms with Crippen molar-refractivity contribution in [1.29, 1.82) is 0 Å². The Labute approximate surface area is 106 Å². The molecule has 0 saturated carbocycles. The molecule has 3 nitrogen and oxygen atoms in total. The van der Waals surface area contributed by atoms with Gasteiger partial charge in [0.1, 0.15) is 0 Å². The van der Waals surface area contributed by atoms with Crippen molar-refractivity contribution in [3.05, 3.63) is 18.0 Å². The summed E-state index contributed by atoms with van der Waals surface area (Å²) in [5, 5.41) is 7.90. The zero-order valence-electron chi connectivity index (χ0n) is 11.9. The van der Waals surface area contributed by atoms with E-state index < -0.39 is 0 Å². The lowest BCUT2D eigenvalue weighted by atomic mass is 9.91. The largest absolute Gasteiger partial charge is 0.319 e. The van der Waals surface area contributed by atoms with Crippen molar-refractivity contribution in [2.45, 2.75) is 46.6 Å². The molecular weight excluding hydrogens is 210 g/mol. The molecule has 0 amide bonds. The van der Waals surface area contributed by atoms with E-state index in [4.69, 9.17) is 0 Å². The van der Waals surface area contributed by atoms with E-state index in [0.29, 0.717) is 17.9 Å². The molecule has 0 fully saturated rings. The SMILES string of the molecule is CCC(C)n1ccc(CC(C)C(C)CNC)n1. The van der Waals surface area contributed by atoms with Crippen LogP contribution >= 0.6 is 0 Å². The smallest absolute Gasteiger partial charge is 0.0627 e. The topological polar surface area (TPSA) is 29.9 Å². The van der Waals surface area contributed by atoms with E-state index in [2.05, 4.69) is 55.1 Å². The van der Waals surface area contributed by atoms with Crippen LogP contribution < -0.4 is 5.32 Å². The van der Waals surface area contributed by atoms with E-state index in [-0.39, 0.29) is 0 Å². The van der Waals surface area contributed by atoms with Gasteiger partial charge in [-0.05, 0) is 51.3 Å². The Kier molecular flexibility index (Phi) is 5.69. The molecule has 0 aliphatic heterocycles. The highest BCUT2D eigenvalue weighted by molar-refractivity contribution is 5.01. The van der Waals surface area contributed by atoms with Gasteiger partial charge in [-0.3, -0.25) is 4.68 Å². The van der Waals surface area contributed by atoms with Crippen LogP contribution in [0, 0.1) is 11.8 Å². The first kappa shape index (κ1) is 14.2. The molecule has 0 aliphatic rings. The molecular formula is C14H27N3. The Morgan fingerprint density at radius 2 is 2.00 bits per heavy atom. The van der Waals surface area contributed by atoms with Gasteiger partial charge in [-0.2, -0.15) is 5.10 Å². The van der Waals surface area contributed by atoms with Gasteiger partial charge in [0, 0.05) is 12.2 Å². The van der Waals surface area contributed by atoms with Crippen LogP contribution in [0.3, 0.4) is 0 Å². The Bertz CT molecular complexity index is 319. The van der Waals surface area contributed by atoms with Gasteiger partial charge in [-0.25, -0.2) is 0 Å². The van der Waals surface area contributed by atoms with Gasteiger partial charge in [0.25, 0.3) is 0 Å². The number of hydrogen-bond acceptors (Lipinski definition) is 2. The third-order valence-electron chi connectivity index (χ3n) is 3.73. The highest BCUT2D eigenvalue weighted by atomic mass is 15.3. The lowest BCUT2D eigenvalue weighted by molar-refractivity contribution is 0.369. The van der Waals surface area contributed by atoms with Gasteiger partial charge in [-0.1, -0.05) is 20.8 Å². The summed E-state index contributed by atoms with van der Waals surface area (Å²) in [4.78, 5) is 0. The highest BCUT2D eigenvalue weighted by Gasteiger charge is 2.14. The zero-order chi connectivity index (χ0) is 12.8. The summed E-state index contributed by atoms with van der Waals surface area (Å²) >= 11 is 0. The van der Waals surface area contributed by atoms with Gasteiger partial charge in [0.15, 0.2) is 0 Å². The third-order valence-corrected chi connectivity index (χ3v) is 3.73. The molecule has 98 valence electrons. The van der Waals surface area contributed by atoms with Gasteiger partial charge in [-0.15, -0.1) is 0 Å². The van der Waals surface area contributed by atoms with E-state index in [1.165, 1.54) is 5.69 Å². The van der Waals surface area contributed by atoms with Crippen LogP contribution in [0.25, 0.3) is 0 Å². The minimum absolute atomic E-state index is 0.508. The normalized spacial score (nSPS) is 16.8. The molecule has 1 heterocycles. The average Bonchev–Trinajstić information content (AvgIpc) is 2.76. The number of rotatable bonds is 7. The van der Waals surface area contributed by atoms with Gasteiger partial charge >= 0.3 is 0 Å². The maximum atomic E-state index is 4.66. The van der Waals surface area contributed by atoms with Crippen molar-refractivity contribution >= 4 is 0 Å². The van der Waals surface area contributed by atoms with E-state index in [0.717, 1.165) is 19.4 Å². The number of nitrogens with zero attached hydrogens (tertiary/aromatic N) is 2. The maximum Gasteiger partial charge on any atom is 0.0627 e. The number of aromatic nitrogens is 2. The first-order valence-corrected chi connectivity index (χ1v) is 6.77. The predicted molar refractivity (Wildman–Crippen MR) is 73.2 cm³/mol. The number of hydrogen-bond donors (Lipinski definition) is 1. The third kappa shape index (κ3) is 4.15. The Morgan fingerprint density at radius 3 is 2.59 bits per heavy atom. The minimum Gasteiger partial charge on any atom is -0.319 e. The minimum atomic E-state index is 0.508. The lowest BCUT2D eigenvalue weighted by Gasteiger charge is -2.18. The molecule has 3 atom stereocenters. The van der Waals surface area contributed by atoms with Crippen LogP contribution in [0.5, 0.6) is 0 Å². The molecule has 0 spiro atoms. The van der Waals surface area contributed by atoms with Crippen molar-refractivity contribution in [1.82, 2.24) is 15.1 Å². The van der Waals surface area contributed by atoms with E-state index in [1.54, 1.807) is 0 Å². The Hall–Kier alpha value is -0.830. The predicted octanol–water partition coefficient (Wildman–Crippen LogP) is 2.89. The van der Waals surface area contributed by atoms with Crippen LogP contribution in [0.1, 0.15) is 45.9 Å². The molecule has 1 rings (SSSR count). The van der Waals surface area contributed by atoms with Crippen LogP contribution in [0.2, 0.25) is 0 Å². The molecule has 0 aliphatic carbocycles. The Morgan fingerprint density at radius 1 is 1.29 bits per heavy atom. The molecule has 0 bridgehead atoms. The molecule has 1 N–H and O–H groups in total. The van der Waals surface area contributed by atoms with Crippen molar-refractivity contribution in [3.63, 3.8) is 0 Å². The van der Waals surface area contributed by atoms with E-state index in [1.807, 2.05) is 7.05 Å². The van der Waals surface area contributed by atoms with Crippen molar-refractivity contribution in [2.75, 3.05) is 13.6 Å². The maximum absolute atomic E-state index is 4.66. The second-order valence-corrected chi connectivity index (χ2v) is 5.26. The van der Waals surface area contributed by atoms with Crippen molar-refractivity contribution in [2.24, 2.45) is 11.8 Å². The molecule has 3 unspecified atom stereocenters. The summed E-state index contributed by atoms with van der Waals surface area (Å²) in [6.45, 7) is 10.1. The van der Waals surface area contributed by atoms with E-state index >= 15 is 0 Å². The standard InChI is InChI=1S/C14H27N3/c1-6-13(4)17-8-7-14(16-17)9-11(2)12(3)10-15-5/h7-8,11-13,15H,6,9-10H2,1-5H3. The Balaban J connectivity index is 2.54. The molecule has 17 heavy (non-hydrogen) atoms. The summed E-state index contributed by atoms with van der Waals surface area (Å²) in [6, 6.07) is 2.67. The fourth-order valence-electron chi connectivity index (χ4n) is 1.97. The summed E-state index contributed by atoms with van der Waals surface area (Å²) in [7, 11) is 2.01. The van der Waals surface area contributed by atoms with Crippen LogP contribution in [-0.4, -0.2) is 23.4 Å². The monoisotopic (exact) mass is 237 g/mol. The second kappa shape index (κ2) is 6.80. The first-order chi connectivity index (χ1) is 8.08. The van der Waals surface area contributed by atoms with Crippen LogP contribution in [0.15, 0.2) is 12.3 Å². The van der Waals surface area contributed by atoms with E-state index in [9.17, 15) is 0 Å². The highest BCUT2D eigenvalue weighted by Crippen LogP contribution is 2.17. The quantitative estimate of drug-likeness (QED) is 0.790. The zero-order valence-corrected chi connectivity index (χ0v) is 11.9. The average molecular weight is 237 g/mol. The lowest BCUT2D eigenvalue weighted by Crippen LogP contribution is -2.23. The van der Waals surface area contributed by atoms with Gasteiger partial charge in [0.05, 0.1) is 5.69 Å².